The fourth-order valence-corrected chi connectivity index (χ4v) is 0.892. The van der Waals surface area contributed by atoms with Gasteiger partial charge in [-0.3, -0.25) is 0 Å². The summed E-state index contributed by atoms with van der Waals surface area (Å²) in [6.45, 7) is 2.13. The maximum atomic E-state index is 5.06. The zero-order valence-electron chi connectivity index (χ0n) is 6.83. The molecule has 0 unspecified atom stereocenters. The third kappa shape index (κ3) is 2.93. The van der Waals surface area contributed by atoms with Gasteiger partial charge in [0.15, 0.2) is 0 Å². The molecule has 0 saturated carbocycles. The predicted octanol–water partition coefficient (Wildman–Crippen LogP) is 2.84. The smallest absolute Gasteiger partial charge is 0.119 e. The number of rotatable bonds is 2. The van der Waals surface area contributed by atoms with E-state index in [1.54, 1.807) is 7.11 Å². The van der Waals surface area contributed by atoms with Crippen LogP contribution in [0.3, 0.4) is 0 Å². The van der Waals surface area contributed by atoms with E-state index in [4.69, 9.17) is 4.74 Å². The molecule has 0 radical (unpaired) electrons. The van der Waals surface area contributed by atoms with E-state index in [0.29, 0.717) is 0 Å². The Morgan fingerprint density at radius 1 is 1.36 bits per heavy atom. The second-order valence-corrected chi connectivity index (χ2v) is 2.21. The third-order valence-corrected chi connectivity index (χ3v) is 1.54. The van der Waals surface area contributed by atoms with Crippen molar-refractivity contribution in [2.24, 2.45) is 0 Å². The number of aryl methyl sites for hydroxylation is 1. The number of benzene rings is 1. The highest BCUT2D eigenvalue weighted by Crippen LogP contribution is 2.12. The number of halogens is 1. The summed E-state index contributed by atoms with van der Waals surface area (Å²) < 4.78 is 5.06. The molecule has 0 spiro atoms. The van der Waals surface area contributed by atoms with Gasteiger partial charge in [0.25, 0.3) is 0 Å². The molecule has 0 aliphatic rings. The van der Waals surface area contributed by atoms with Crippen LogP contribution in [-0.4, -0.2) is 7.11 Å². The largest absolute Gasteiger partial charge is 0.497 e. The van der Waals surface area contributed by atoms with Crippen LogP contribution in [0.5, 0.6) is 5.75 Å². The lowest BCUT2D eigenvalue weighted by atomic mass is 10.2. The van der Waals surface area contributed by atoms with Crippen LogP contribution >= 0.6 is 17.0 Å². The molecule has 0 bridgehead atoms. The highest BCUT2D eigenvalue weighted by Gasteiger charge is 1.90. The van der Waals surface area contributed by atoms with E-state index in [-0.39, 0.29) is 17.0 Å². The van der Waals surface area contributed by atoms with Crippen molar-refractivity contribution in [3.63, 3.8) is 0 Å². The summed E-state index contributed by atoms with van der Waals surface area (Å²) in [7, 11) is 1.69. The van der Waals surface area contributed by atoms with Crippen molar-refractivity contribution in [1.29, 1.82) is 0 Å². The van der Waals surface area contributed by atoms with Crippen molar-refractivity contribution >= 4 is 17.0 Å². The van der Waals surface area contributed by atoms with Gasteiger partial charge in [-0.2, -0.15) is 0 Å². The van der Waals surface area contributed by atoms with Crippen LogP contribution in [0.4, 0.5) is 0 Å². The highest BCUT2D eigenvalue weighted by atomic mass is 79.9. The Morgan fingerprint density at radius 3 is 2.64 bits per heavy atom. The molecule has 0 fully saturated rings. The average molecular weight is 217 g/mol. The molecule has 0 aliphatic heterocycles. The number of methoxy groups -OCH3 is 1. The van der Waals surface area contributed by atoms with Crippen LogP contribution in [0, 0.1) is 0 Å². The van der Waals surface area contributed by atoms with Gasteiger partial charge in [0.2, 0.25) is 0 Å². The molecule has 0 aromatic heterocycles. The lowest BCUT2D eigenvalue weighted by molar-refractivity contribution is 0.414. The van der Waals surface area contributed by atoms with E-state index >= 15 is 0 Å². The Labute approximate surface area is 78.2 Å². The van der Waals surface area contributed by atoms with Gasteiger partial charge in [0.1, 0.15) is 5.75 Å². The quantitative estimate of drug-likeness (QED) is 0.740. The summed E-state index contributed by atoms with van der Waals surface area (Å²) >= 11 is 0. The zero-order chi connectivity index (χ0) is 7.40. The summed E-state index contributed by atoms with van der Waals surface area (Å²) in [6, 6.07) is 8.12. The molecule has 0 N–H and O–H groups in total. The number of hydrogen-bond acceptors (Lipinski definition) is 1. The van der Waals surface area contributed by atoms with Crippen molar-refractivity contribution in [2.45, 2.75) is 13.3 Å². The van der Waals surface area contributed by atoms with Crippen LogP contribution in [0.1, 0.15) is 12.5 Å². The fourth-order valence-electron chi connectivity index (χ4n) is 0.892. The van der Waals surface area contributed by atoms with E-state index in [0.717, 1.165) is 12.2 Å². The maximum absolute atomic E-state index is 5.06. The summed E-state index contributed by atoms with van der Waals surface area (Å²) in [5.41, 5.74) is 1.32. The van der Waals surface area contributed by atoms with E-state index in [9.17, 15) is 0 Å². The first-order valence-electron chi connectivity index (χ1n) is 3.49. The molecule has 1 nitrogen and oxygen atoms in total. The van der Waals surface area contributed by atoms with E-state index in [2.05, 4.69) is 19.1 Å². The molecule has 0 atom stereocenters. The van der Waals surface area contributed by atoms with E-state index < -0.39 is 0 Å². The minimum atomic E-state index is 0. The molecular weight excluding hydrogens is 204 g/mol. The molecule has 2 heteroatoms. The van der Waals surface area contributed by atoms with Crippen LogP contribution < -0.4 is 4.74 Å². The van der Waals surface area contributed by atoms with Crippen molar-refractivity contribution in [1.82, 2.24) is 0 Å². The summed E-state index contributed by atoms with van der Waals surface area (Å²) in [5, 5.41) is 0. The van der Waals surface area contributed by atoms with E-state index in [1.807, 2.05) is 12.1 Å². The second-order valence-electron chi connectivity index (χ2n) is 2.21. The Kier molecular flexibility index (Phi) is 4.95. The maximum Gasteiger partial charge on any atom is 0.119 e. The van der Waals surface area contributed by atoms with Crippen molar-refractivity contribution in [2.75, 3.05) is 7.11 Å². The van der Waals surface area contributed by atoms with Crippen molar-refractivity contribution in [3.8, 4) is 5.75 Å². The Bertz CT molecular complexity index is 191. The first-order chi connectivity index (χ1) is 4.86. The standard InChI is InChI=1S/C9H12O.BrH/c1-3-8-5-4-6-9(7-8)10-2;/h4-7H,3H2,1-2H3;1H. The summed E-state index contributed by atoms with van der Waals surface area (Å²) in [4.78, 5) is 0. The average Bonchev–Trinajstić information content (AvgIpc) is 2.05. The number of hydrogen-bond donors (Lipinski definition) is 0. The molecule has 1 aromatic carbocycles. The van der Waals surface area contributed by atoms with Gasteiger partial charge in [-0.25, -0.2) is 0 Å². The fraction of sp³-hybridized carbons (Fsp3) is 0.333. The monoisotopic (exact) mass is 216 g/mol. The van der Waals surface area contributed by atoms with E-state index in [1.165, 1.54) is 5.56 Å². The predicted molar refractivity (Wildman–Crippen MR) is 52.7 cm³/mol. The minimum absolute atomic E-state index is 0. The second kappa shape index (κ2) is 5.19. The van der Waals surface area contributed by atoms with Gasteiger partial charge >= 0.3 is 0 Å². The first kappa shape index (κ1) is 10.5. The number of ether oxygens (including phenoxy) is 1. The van der Waals surface area contributed by atoms with Gasteiger partial charge < -0.3 is 4.74 Å². The van der Waals surface area contributed by atoms with Crippen LogP contribution in [0.2, 0.25) is 0 Å². The summed E-state index contributed by atoms with van der Waals surface area (Å²) in [5.74, 6) is 0.944. The highest BCUT2D eigenvalue weighted by molar-refractivity contribution is 8.93. The van der Waals surface area contributed by atoms with Gasteiger partial charge in [-0.1, -0.05) is 19.1 Å². The van der Waals surface area contributed by atoms with Crippen LogP contribution in [0.25, 0.3) is 0 Å². The SMILES string of the molecule is Br.CCc1cccc(OC)c1. The molecule has 0 amide bonds. The van der Waals surface area contributed by atoms with Crippen LogP contribution in [-0.2, 0) is 6.42 Å². The van der Waals surface area contributed by atoms with Gasteiger partial charge in [-0.15, -0.1) is 17.0 Å². The zero-order valence-corrected chi connectivity index (χ0v) is 8.55. The summed E-state index contributed by atoms with van der Waals surface area (Å²) in [6.07, 6.45) is 1.07. The third-order valence-electron chi connectivity index (χ3n) is 1.54. The first-order valence-corrected chi connectivity index (χ1v) is 3.49. The van der Waals surface area contributed by atoms with Gasteiger partial charge in [0, 0.05) is 0 Å². The molecule has 62 valence electrons. The topological polar surface area (TPSA) is 9.23 Å². The van der Waals surface area contributed by atoms with Gasteiger partial charge in [0.05, 0.1) is 7.11 Å². The lowest BCUT2D eigenvalue weighted by Gasteiger charge is -2.00. The molecule has 1 rings (SSSR count). The molecule has 0 heterocycles. The Balaban J connectivity index is 0.000001000. The molecule has 0 saturated heterocycles. The Morgan fingerprint density at radius 2 is 2.09 bits per heavy atom. The van der Waals surface area contributed by atoms with Crippen molar-refractivity contribution < 1.29 is 4.74 Å². The molecule has 11 heavy (non-hydrogen) atoms. The Hall–Kier alpha value is -0.500. The van der Waals surface area contributed by atoms with Crippen LogP contribution in [0.15, 0.2) is 24.3 Å². The molecule has 0 aliphatic carbocycles. The van der Waals surface area contributed by atoms with Gasteiger partial charge in [-0.05, 0) is 24.1 Å². The normalized spacial score (nSPS) is 8.55. The minimum Gasteiger partial charge on any atom is -0.497 e. The van der Waals surface area contributed by atoms with Crippen molar-refractivity contribution in [3.05, 3.63) is 29.8 Å². The molecule has 1 aromatic rings. The lowest BCUT2D eigenvalue weighted by Crippen LogP contribution is -1.84. The molecular formula is C9H13BrO.